The fourth-order valence-corrected chi connectivity index (χ4v) is 4.65. The number of hydrogen-bond acceptors (Lipinski definition) is 5. The van der Waals surface area contributed by atoms with Gasteiger partial charge in [0.25, 0.3) is 0 Å². The number of aliphatic carboxylic acids is 1. The molecule has 1 aliphatic rings. The number of sulfonamides is 1. The van der Waals surface area contributed by atoms with Crippen LogP contribution in [0.4, 0.5) is 0 Å². The number of carboxylic acid groups (broad SMARTS) is 1. The van der Waals surface area contributed by atoms with Gasteiger partial charge in [-0.3, -0.25) is 9.48 Å². The first-order valence-electron chi connectivity index (χ1n) is 4.74. The number of hydrogen-bond donors (Lipinski definition) is 1. The monoisotopic (exact) mass is 277 g/mol. The molecule has 2 heterocycles. The molecule has 1 aromatic rings. The second kappa shape index (κ2) is 4.31. The molecule has 0 saturated carbocycles. The summed E-state index contributed by atoms with van der Waals surface area (Å²) >= 11 is 1.29. The van der Waals surface area contributed by atoms with Crippen LogP contribution in [0, 0.1) is 0 Å². The number of aryl methyl sites for hydroxylation is 1. The molecular formula is C8H11N3O4S2. The third-order valence-electron chi connectivity index (χ3n) is 2.41. The van der Waals surface area contributed by atoms with Gasteiger partial charge in [0.1, 0.15) is 10.9 Å². The van der Waals surface area contributed by atoms with E-state index in [1.165, 1.54) is 28.8 Å². The molecule has 17 heavy (non-hydrogen) atoms. The lowest BCUT2D eigenvalue weighted by molar-refractivity contribution is -0.140. The highest BCUT2D eigenvalue weighted by Crippen LogP contribution is 2.27. The van der Waals surface area contributed by atoms with Gasteiger partial charge in [0.2, 0.25) is 10.0 Å². The summed E-state index contributed by atoms with van der Waals surface area (Å²) in [5, 5.41) is 12.7. The van der Waals surface area contributed by atoms with Crippen LogP contribution in [0.3, 0.4) is 0 Å². The third kappa shape index (κ3) is 2.17. The van der Waals surface area contributed by atoms with Gasteiger partial charge >= 0.3 is 5.97 Å². The van der Waals surface area contributed by atoms with Gasteiger partial charge in [-0.25, -0.2) is 8.42 Å². The van der Waals surface area contributed by atoms with E-state index in [9.17, 15) is 13.2 Å². The van der Waals surface area contributed by atoms with Crippen molar-refractivity contribution in [3.63, 3.8) is 0 Å². The lowest BCUT2D eigenvalue weighted by atomic mass is 10.4. The second-order valence-corrected chi connectivity index (χ2v) is 6.49. The molecule has 7 nitrogen and oxygen atoms in total. The Hall–Kier alpha value is -1.06. The van der Waals surface area contributed by atoms with Crippen molar-refractivity contribution in [3.8, 4) is 0 Å². The number of aromatic nitrogens is 2. The van der Waals surface area contributed by atoms with Gasteiger partial charge in [-0.2, -0.15) is 9.40 Å². The summed E-state index contributed by atoms with van der Waals surface area (Å²) in [7, 11) is -2.16. The zero-order valence-electron chi connectivity index (χ0n) is 8.98. The van der Waals surface area contributed by atoms with Crippen LogP contribution in [0.25, 0.3) is 0 Å². The summed E-state index contributed by atoms with van der Waals surface area (Å²) in [5.74, 6) is -0.689. The zero-order chi connectivity index (χ0) is 12.6. The van der Waals surface area contributed by atoms with Gasteiger partial charge in [0.05, 0.1) is 12.1 Å². The lowest BCUT2D eigenvalue weighted by Crippen LogP contribution is -2.41. The topological polar surface area (TPSA) is 92.5 Å². The molecule has 1 atom stereocenters. The molecule has 0 amide bonds. The fourth-order valence-electron chi connectivity index (χ4n) is 1.53. The van der Waals surface area contributed by atoms with Crippen molar-refractivity contribution >= 4 is 27.8 Å². The molecule has 0 spiro atoms. The first-order valence-corrected chi connectivity index (χ1v) is 7.33. The molecule has 1 fully saturated rings. The third-order valence-corrected chi connectivity index (χ3v) is 5.40. The minimum atomic E-state index is -3.76. The quantitative estimate of drug-likeness (QED) is 0.806. The molecule has 0 aliphatic carbocycles. The molecule has 0 aromatic carbocycles. The van der Waals surface area contributed by atoms with Gasteiger partial charge in [0.15, 0.2) is 0 Å². The Labute approximate surface area is 102 Å². The summed E-state index contributed by atoms with van der Waals surface area (Å²) in [4.78, 5) is 11.0. The molecule has 9 heteroatoms. The highest BCUT2D eigenvalue weighted by Gasteiger charge is 2.40. The van der Waals surface area contributed by atoms with Crippen molar-refractivity contribution in [2.24, 2.45) is 7.05 Å². The molecular weight excluding hydrogens is 266 g/mol. The normalized spacial score (nSPS) is 21.8. The van der Waals surface area contributed by atoms with Crippen LogP contribution < -0.4 is 0 Å². The minimum Gasteiger partial charge on any atom is -0.480 e. The van der Waals surface area contributed by atoms with E-state index >= 15 is 0 Å². The zero-order valence-corrected chi connectivity index (χ0v) is 10.6. The summed E-state index contributed by atoms with van der Waals surface area (Å²) in [5.41, 5.74) is 0. The van der Waals surface area contributed by atoms with Crippen LogP contribution in [0.2, 0.25) is 0 Å². The molecule has 94 valence electrons. The van der Waals surface area contributed by atoms with E-state index in [1.807, 2.05) is 0 Å². The Morgan fingerprint density at radius 2 is 2.35 bits per heavy atom. The number of rotatable bonds is 3. The van der Waals surface area contributed by atoms with Crippen LogP contribution in [-0.4, -0.2) is 51.3 Å². The highest BCUT2D eigenvalue weighted by atomic mass is 32.2. The number of nitrogens with zero attached hydrogens (tertiary/aromatic N) is 3. The van der Waals surface area contributed by atoms with Crippen molar-refractivity contribution in [1.29, 1.82) is 0 Å². The number of thioether (sulfide) groups is 1. The summed E-state index contributed by atoms with van der Waals surface area (Å²) in [6, 6.07) is -0.995. The SMILES string of the molecule is Cn1cc(S(=O)(=O)N2CSC[C@H]2C(=O)O)cn1. The van der Waals surface area contributed by atoms with Crippen molar-refractivity contribution < 1.29 is 18.3 Å². The fraction of sp³-hybridized carbons (Fsp3) is 0.500. The highest BCUT2D eigenvalue weighted by molar-refractivity contribution is 8.00. The second-order valence-electron chi connectivity index (χ2n) is 3.60. The summed E-state index contributed by atoms with van der Waals surface area (Å²) < 4.78 is 26.7. The average molecular weight is 277 g/mol. The van der Waals surface area contributed by atoms with Crippen LogP contribution >= 0.6 is 11.8 Å². The van der Waals surface area contributed by atoms with E-state index in [2.05, 4.69) is 5.10 Å². The van der Waals surface area contributed by atoms with E-state index in [1.54, 1.807) is 7.05 Å². The van der Waals surface area contributed by atoms with Crippen LogP contribution in [0.1, 0.15) is 0 Å². The lowest BCUT2D eigenvalue weighted by Gasteiger charge is -2.18. The maximum Gasteiger partial charge on any atom is 0.322 e. The Kier molecular flexibility index (Phi) is 3.15. The first kappa shape index (κ1) is 12.4. The summed E-state index contributed by atoms with van der Waals surface area (Å²) in [6.45, 7) is 0. The van der Waals surface area contributed by atoms with Gasteiger partial charge in [-0.1, -0.05) is 0 Å². The molecule has 1 aromatic heterocycles. The van der Waals surface area contributed by atoms with E-state index in [4.69, 9.17) is 5.11 Å². The van der Waals surface area contributed by atoms with Crippen molar-refractivity contribution in [3.05, 3.63) is 12.4 Å². The molecule has 0 radical (unpaired) electrons. The maximum absolute atomic E-state index is 12.2. The maximum atomic E-state index is 12.2. The summed E-state index contributed by atoms with van der Waals surface area (Å²) in [6.07, 6.45) is 2.58. The Morgan fingerprint density at radius 1 is 1.65 bits per heavy atom. The molecule has 0 bridgehead atoms. The van der Waals surface area contributed by atoms with Crippen LogP contribution in [0.5, 0.6) is 0 Å². The van der Waals surface area contributed by atoms with Gasteiger partial charge in [-0.05, 0) is 0 Å². The average Bonchev–Trinajstić information content (AvgIpc) is 2.84. The first-order chi connectivity index (χ1) is 7.93. The largest absolute Gasteiger partial charge is 0.480 e. The van der Waals surface area contributed by atoms with Gasteiger partial charge < -0.3 is 5.11 Å². The van der Waals surface area contributed by atoms with Gasteiger partial charge in [0, 0.05) is 19.0 Å². The van der Waals surface area contributed by atoms with Crippen molar-refractivity contribution in [1.82, 2.24) is 14.1 Å². The predicted molar refractivity (Wildman–Crippen MR) is 61.0 cm³/mol. The number of carbonyl (C=O) groups is 1. The predicted octanol–water partition coefficient (Wildman–Crippen LogP) is -0.432. The molecule has 1 saturated heterocycles. The molecule has 0 unspecified atom stereocenters. The molecule has 2 rings (SSSR count). The minimum absolute atomic E-state index is 0.0220. The standard InChI is InChI=1S/C8H11N3O4S2/c1-10-3-6(2-9-10)17(14,15)11-5-16-4-7(11)8(12)13/h2-3,7H,4-5H2,1H3,(H,12,13)/t7-/m0/s1. The Bertz CT molecular complexity index is 539. The Balaban J connectivity index is 2.36. The van der Waals surface area contributed by atoms with E-state index in [-0.39, 0.29) is 16.5 Å². The van der Waals surface area contributed by atoms with E-state index in [0.29, 0.717) is 0 Å². The van der Waals surface area contributed by atoms with Crippen LogP contribution in [0.15, 0.2) is 17.3 Å². The Morgan fingerprint density at radius 3 is 2.88 bits per heavy atom. The van der Waals surface area contributed by atoms with Crippen molar-refractivity contribution in [2.45, 2.75) is 10.9 Å². The number of carboxylic acids is 1. The van der Waals surface area contributed by atoms with Crippen molar-refractivity contribution in [2.75, 3.05) is 11.6 Å². The van der Waals surface area contributed by atoms with E-state index in [0.717, 1.165) is 4.31 Å². The molecule has 1 aliphatic heterocycles. The molecule has 1 N–H and O–H groups in total. The smallest absolute Gasteiger partial charge is 0.322 e. The van der Waals surface area contributed by atoms with Gasteiger partial charge in [-0.15, -0.1) is 11.8 Å². The van der Waals surface area contributed by atoms with Crippen LogP contribution in [-0.2, 0) is 21.9 Å². The van der Waals surface area contributed by atoms with E-state index < -0.39 is 22.0 Å².